The van der Waals surface area contributed by atoms with Gasteiger partial charge >= 0.3 is 0 Å². The van der Waals surface area contributed by atoms with Gasteiger partial charge in [-0.3, -0.25) is 0 Å². The minimum Gasteiger partial charge on any atom is -0.306 e. The highest BCUT2D eigenvalue weighted by atomic mass is 32.1. The molecule has 1 aliphatic rings. The van der Waals surface area contributed by atoms with Gasteiger partial charge in [-0.2, -0.15) is 5.26 Å². The molecule has 0 amide bonds. The number of hydrogen-bond donors (Lipinski definition) is 1. The van der Waals surface area contributed by atoms with Gasteiger partial charge in [0.1, 0.15) is 6.07 Å². The van der Waals surface area contributed by atoms with E-state index >= 15 is 0 Å². The summed E-state index contributed by atoms with van der Waals surface area (Å²) in [6, 6.07) is 8.05. The van der Waals surface area contributed by atoms with Crippen LogP contribution in [0.3, 0.4) is 0 Å². The van der Waals surface area contributed by atoms with Crippen molar-refractivity contribution in [2.24, 2.45) is 0 Å². The first kappa shape index (κ1) is 13.0. The van der Waals surface area contributed by atoms with Crippen molar-refractivity contribution in [3.8, 4) is 6.07 Å². The summed E-state index contributed by atoms with van der Waals surface area (Å²) in [6.07, 6.45) is 10.3. The lowest BCUT2D eigenvalue weighted by Gasteiger charge is -2.14. The van der Waals surface area contributed by atoms with E-state index in [0.717, 1.165) is 23.3 Å². The Labute approximate surface area is 124 Å². The lowest BCUT2D eigenvalue weighted by molar-refractivity contribution is 0.886. The Kier molecular flexibility index (Phi) is 3.62. The van der Waals surface area contributed by atoms with Crippen LogP contribution in [0.5, 0.6) is 0 Å². The van der Waals surface area contributed by atoms with Crippen molar-refractivity contribution < 1.29 is 0 Å². The second kappa shape index (κ2) is 5.56. The van der Waals surface area contributed by atoms with Gasteiger partial charge in [-0.25, -0.2) is 4.98 Å². The number of imidazole rings is 1. The van der Waals surface area contributed by atoms with Crippen LogP contribution in [0, 0.1) is 11.3 Å². The summed E-state index contributed by atoms with van der Waals surface area (Å²) in [4.78, 5) is 4.87. The fourth-order valence-corrected chi connectivity index (χ4v) is 2.93. The van der Waals surface area contributed by atoms with Crippen LogP contribution in [0.4, 0.5) is 0 Å². The molecule has 1 saturated carbocycles. The van der Waals surface area contributed by atoms with Gasteiger partial charge < -0.3 is 4.57 Å². The minimum atomic E-state index is 0.613. The Morgan fingerprint density at radius 3 is 2.75 bits per heavy atom. The number of aromatic nitrogens is 2. The number of thiol groups is 1. The molecular weight excluding hydrogens is 266 g/mol. The first-order valence-corrected chi connectivity index (χ1v) is 7.18. The maximum atomic E-state index is 9.19. The van der Waals surface area contributed by atoms with Gasteiger partial charge in [0.05, 0.1) is 17.6 Å². The average molecular weight is 281 g/mol. The summed E-state index contributed by atoms with van der Waals surface area (Å²) in [7, 11) is 0. The fourth-order valence-electron chi connectivity index (χ4n) is 2.74. The number of nitriles is 1. The molecule has 2 aromatic rings. The van der Waals surface area contributed by atoms with Gasteiger partial charge in [-0.15, -0.1) is 12.6 Å². The molecule has 1 heterocycles. The van der Waals surface area contributed by atoms with Crippen molar-refractivity contribution >= 4 is 18.3 Å². The third-order valence-electron chi connectivity index (χ3n) is 3.70. The fraction of sp³-hybridized carbons (Fsp3) is 0.250. The van der Waals surface area contributed by atoms with Gasteiger partial charge in [0.25, 0.3) is 0 Å². The molecular formula is C16H15N3S. The van der Waals surface area contributed by atoms with E-state index < -0.39 is 0 Å². The number of hydrogen-bond acceptors (Lipinski definition) is 3. The summed E-state index contributed by atoms with van der Waals surface area (Å²) >= 11 is 4.32. The predicted molar refractivity (Wildman–Crippen MR) is 81.4 cm³/mol. The van der Waals surface area contributed by atoms with Crippen LogP contribution < -0.4 is 0 Å². The molecule has 0 radical (unpaired) electrons. The molecule has 0 atom stereocenters. The number of rotatable bonds is 2. The van der Waals surface area contributed by atoms with Crippen molar-refractivity contribution in [3.05, 3.63) is 53.6 Å². The zero-order valence-corrected chi connectivity index (χ0v) is 12.0. The highest BCUT2D eigenvalue weighted by molar-refractivity contribution is 7.80. The molecule has 20 heavy (non-hydrogen) atoms. The van der Waals surface area contributed by atoms with Crippen molar-refractivity contribution in [1.29, 1.82) is 5.26 Å². The second-order valence-electron chi connectivity index (χ2n) is 4.97. The molecule has 0 bridgehead atoms. The monoisotopic (exact) mass is 281 g/mol. The van der Waals surface area contributed by atoms with E-state index in [1.807, 2.05) is 30.7 Å². The molecule has 4 heteroatoms. The van der Waals surface area contributed by atoms with E-state index in [0.29, 0.717) is 5.56 Å². The van der Waals surface area contributed by atoms with Crippen molar-refractivity contribution in [2.45, 2.75) is 30.6 Å². The van der Waals surface area contributed by atoms with E-state index in [-0.39, 0.29) is 0 Å². The smallest absolute Gasteiger partial charge is 0.100 e. The van der Waals surface area contributed by atoms with E-state index in [1.165, 1.54) is 24.1 Å². The van der Waals surface area contributed by atoms with Crippen LogP contribution in [0.1, 0.15) is 36.8 Å². The summed E-state index contributed by atoms with van der Waals surface area (Å²) in [5.41, 5.74) is 4.29. The predicted octanol–water partition coefficient (Wildman–Crippen LogP) is 3.88. The van der Waals surface area contributed by atoms with Gasteiger partial charge in [0, 0.05) is 17.3 Å². The van der Waals surface area contributed by atoms with Gasteiger partial charge in [-0.05, 0) is 49.0 Å². The molecule has 1 aliphatic carbocycles. The molecule has 3 rings (SSSR count). The molecule has 0 spiro atoms. The average Bonchev–Trinajstić information content (AvgIpc) is 3.15. The Hall–Kier alpha value is -1.99. The second-order valence-corrected chi connectivity index (χ2v) is 5.45. The quantitative estimate of drug-likeness (QED) is 0.849. The summed E-state index contributed by atoms with van der Waals surface area (Å²) in [5, 5.41) is 9.19. The number of allylic oxidation sites excluding steroid dienone is 1. The normalized spacial score (nSPS) is 14.3. The molecule has 1 fully saturated rings. The van der Waals surface area contributed by atoms with E-state index in [1.54, 1.807) is 6.20 Å². The Bertz CT molecular complexity index is 685. The van der Waals surface area contributed by atoms with Crippen molar-refractivity contribution in [3.63, 3.8) is 0 Å². The highest BCUT2D eigenvalue weighted by Crippen LogP contribution is 2.33. The number of nitrogens with zero attached hydrogens (tertiary/aromatic N) is 3. The van der Waals surface area contributed by atoms with Crippen LogP contribution in [0.2, 0.25) is 0 Å². The van der Waals surface area contributed by atoms with Crippen molar-refractivity contribution in [2.75, 3.05) is 0 Å². The molecule has 0 N–H and O–H groups in total. The van der Waals surface area contributed by atoms with Crippen LogP contribution in [-0.2, 0) is 0 Å². The van der Waals surface area contributed by atoms with Crippen molar-refractivity contribution in [1.82, 2.24) is 9.55 Å². The number of benzene rings is 1. The summed E-state index contributed by atoms with van der Waals surface area (Å²) < 4.78 is 2.05. The summed E-state index contributed by atoms with van der Waals surface area (Å²) in [5.74, 6) is 0. The standard InChI is InChI=1S/C16H15N3S/c17-10-14-9-13(5-6-15(14)20)16(12-3-1-2-4-12)19-8-7-18-11-19/h5-9,11,20H,1-4H2. The van der Waals surface area contributed by atoms with Crippen LogP contribution in [-0.4, -0.2) is 9.55 Å². The molecule has 0 unspecified atom stereocenters. The first-order valence-electron chi connectivity index (χ1n) is 6.73. The Morgan fingerprint density at radius 1 is 1.30 bits per heavy atom. The van der Waals surface area contributed by atoms with E-state index in [4.69, 9.17) is 0 Å². The lowest BCUT2D eigenvalue weighted by atomic mass is 10.0. The topological polar surface area (TPSA) is 41.6 Å². The lowest BCUT2D eigenvalue weighted by Crippen LogP contribution is -2.00. The molecule has 100 valence electrons. The van der Waals surface area contributed by atoms with E-state index in [9.17, 15) is 5.26 Å². The third-order valence-corrected chi connectivity index (χ3v) is 4.09. The molecule has 0 saturated heterocycles. The van der Waals surface area contributed by atoms with Crippen LogP contribution in [0.15, 0.2) is 47.4 Å². The zero-order valence-electron chi connectivity index (χ0n) is 11.1. The minimum absolute atomic E-state index is 0.613. The molecule has 1 aromatic carbocycles. The molecule has 0 aliphatic heterocycles. The SMILES string of the molecule is N#Cc1cc(C(=C2CCCC2)n2ccnc2)ccc1S. The van der Waals surface area contributed by atoms with Gasteiger partial charge in [0.15, 0.2) is 0 Å². The Balaban J connectivity index is 2.16. The first-order chi connectivity index (χ1) is 9.79. The third kappa shape index (κ3) is 2.37. The summed E-state index contributed by atoms with van der Waals surface area (Å²) in [6.45, 7) is 0. The van der Waals surface area contributed by atoms with E-state index in [2.05, 4.69) is 28.2 Å². The maximum Gasteiger partial charge on any atom is 0.100 e. The van der Waals surface area contributed by atoms with Gasteiger partial charge in [0.2, 0.25) is 0 Å². The van der Waals surface area contributed by atoms with Crippen LogP contribution in [0.25, 0.3) is 5.70 Å². The van der Waals surface area contributed by atoms with Gasteiger partial charge in [-0.1, -0.05) is 6.07 Å². The maximum absolute atomic E-state index is 9.19. The molecule has 3 nitrogen and oxygen atoms in total. The Morgan fingerprint density at radius 2 is 2.10 bits per heavy atom. The zero-order chi connectivity index (χ0) is 13.9. The largest absolute Gasteiger partial charge is 0.306 e. The molecule has 1 aromatic heterocycles. The van der Waals surface area contributed by atoms with Crippen LogP contribution >= 0.6 is 12.6 Å². The highest BCUT2D eigenvalue weighted by Gasteiger charge is 2.16.